The number of aliphatic imine (C=N–C) groups is 1. The van der Waals surface area contributed by atoms with Gasteiger partial charge in [-0.1, -0.05) is 28.7 Å². The van der Waals surface area contributed by atoms with Crippen molar-refractivity contribution in [1.82, 2.24) is 5.32 Å². The van der Waals surface area contributed by atoms with Gasteiger partial charge in [0, 0.05) is 19.8 Å². The average molecular weight is 247 g/mol. The highest BCUT2D eigenvalue weighted by Gasteiger charge is 2.33. The maximum Gasteiger partial charge on any atom is 0.433 e. The van der Waals surface area contributed by atoms with Crippen LogP contribution in [-0.2, 0) is 4.84 Å². The number of nitrogens with zero attached hydrogens (tertiary/aromatic N) is 2. The number of carbonyl (C=O) groups is 1. The van der Waals surface area contributed by atoms with E-state index in [4.69, 9.17) is 0 Å². The van der Waals surface area contributed by atoms with Crippen LogP contribution >= 0.6 is 23.5 Å². The van der Waals surface area contributed by atoms with Gasteiger partial charge in [0.2, 0.25) is 0 Å². The highest BCUT2D eigenvalue weighted by atomic mass is 32.2. The van der Waals surface area contributed by atoms with E-state index < -0.39 is 6.09 Å². The average Bonchev–Trinajstić information content (AvgIpc) is 2.60. The van der Waals surface area contributed by atoms with Crippen molar-refractivity contribution in [3.05, 3.63) is 0 Å². The Morgan fingerprint density at radius 1 is 1.73 bits per heavy atom. The van der Waals surface area contributed by atoms with Gasteiger partial charge in [0.25, 0.3) is 0 Å². The molecule has 7 heteroatoms. The highest BCUT2D eigenvalue weighted by molar-refractivity contribution is 8.42. The zero-order valence-corrected chi connectivity index (χ0v) is 10.4. The van der Waals surface area contributed by atoms with Gasteiger partial charge >= 0.3 is 6.09 Å². The third-order valence-corrected chi connectivity index (χ3v) is 4.68. The number of hydrogen-bond donors (Lipinski definition) is 1. The Bertz CT molecular complexity index is 306. The lowest BCUT2D eigenvalue weighted by atomic mass is 10.2. The first kappa shape index (κ1) is 12.4. The van der Waals surface area contributed by atoms with E-state index in [0.717, 1.165) is 10.1 Å². The fourth-order valence-corrected chi connectivity index (χ4v) is 3.46. The minimum Gasteiger partial charge on any atom is -0.323 e. The molecule has 1 rings (SSSR count). The summed E-state index contributed by atoms with van der Waals surface area (Å²) in [6.45, 7) is 2.03. The monoisotopic (exact) mass is 247 g/mol. The van der Waals surface area contributed by atoms with Crippen molar-refractivity contribution in [2.45, 2.75) is 11.7 Å². The van der Waals surface area contributed by atoms with Crippen molar-refractivity contribution in [3.8, 4) is 0 Å². The summed E-state index contributed by atoms with van der Waals surface area (Å²) in [5.74, 6) is 0.880. The molecule has 0 radical (unpaired) electrons. The summed E-state index contributed by atoms with van der Waals surface area (Å²) in [5, 5.41) is 5.95. The van der Waals surface area contributed by atoms with Crippen molar-refractivity contribution in [2.75, 3.05) is 19.8 Å². The number of nitrogens with one attached hydrogen (secondary N) is 1. The topological polar surface area (TPSA) is 63.1 Å². The van der Waals surface area contributed by atoms with Crippen LogP contribution in [0.15, 0.2) is 10.1 Å². The molecule has 1 aliphatic heterocycles. The first-order valence-electron chi connectivity index (χ1n) is 4.31. The molecular formula is C8H13N3O2S2. The summed E-state index contributed by atoms with van der Waals surface area (Å²) < 4.78 is 0.886. The van der Waals surface area contributed by atoms with E-state index in [1.165, 1.54) is 7.05 Å². The van der Waals surface area contributed by atoms with E-state index in [1.54, 1.807) is 36.8 Å². The van der Waals surface area contributed by atoms with E-state index in [2.05, 4.69) is 20.3 Å². The van der Waals surface area contributed by atoms with Gasteiger partial charge in [-0.05, 0) is 6.92 Å². The standard InChI is InChI=1S/C8H13N3O2S2/c1-8(4-11-13-6(12)9-2)5-14-7(10-3)15-8/h4H,5H2,1-3H3,(H,9,12)/b10-7?,11-4-/t8-/m1/s1. The number of rotatable bonds is 2. The summed E-state index contributed by atoms with van der Waals surface area (Å²) in [6, 6.07) is 0. The lowest BCUT2D eigenvalue weighted by molar-refractivity contribution is 0.153. The summed E-state index contributed by atoms with van der Waals surface area (Å²) >= 11 is 3.30. The maximum absolute atomic E-state index is 10.7. The minimum absolute atomic E-state index is 0.145. The van der Waals surface area contributed by atoms with Crippen LogP contribution in [0.1, 0.15) is 6.92 Å². The fraction of sp³-hybridized carbons (Fsp3) is 0.625. The molecule has 0 aromatic heterocycles. The van der Waals surface area contributed by atoms with Gasteiger partial charge in [-0.2, -0.15) is 0 Å². The molecule has 1 atom stereocenters. The zero-order valence-electron chi connectivity index (χ0n) is 8.81. The Balaban J connectivity index is 2.47. The Hall–Kier alpha value is -0.690. The largest absolute Gasteiger partial charge is 0.433 e. The predicted molar refractivity (Wildman–Crippen MR) is 65.8 cm³/mol. The number of amides is 1. The number of thioether (sulfide) groups is 2. The molecule has 0 spiro atoms. The smallest absolute Gasteiger partial charge is 0.323 e. The Labute approximate surface area is 97.1 Å². The molecule has 1 N–H and O–H groups in total. The third kappa shape index (κ3) is 3.75. The second-order valence-electron chi connectivity index (χ2n) is 3.06. The van der Waals surface area contributed by atoms with E-state index in [-0.39, 0.29) is 4.75 Å². The van der Waals surface area contributed by atoms with E-state index in [1.807, 2.05) is 6.92 Å². The maximum atomic E-state index is 10.7. The minimum atomic E-state index is -0.560. The van der Waals surface area contributed by atoms with Gasteiger partial charge in [-0.25, -0.2) is 4.79 Å². The molecule has 5 nitrogen and oxygen atoms in total. The van der Waals surface area contributed by atoms with Crippen LogP contribution in [0.2, 0.25) is 0 Å². The van der Waals surface area contributed by atoms with E-state index in [9.17, 15) is 4.79 Å². The van der Waals surface area contributed by atoms with Gasteiger partial charge in [-0.3, -0.25) is 9.83 Å². The first-order chi connectivity index (χ1) is 7.09. The molecule has 0 aromatic rings. The Kier molecular flexibility index (Phi) is 4.46. The number of carbonyl (C=O) groups excluding carboxylic acids is 1. The number of oxime groups is 1. The van der Waals surface area contributed by atoms with Crippen LogP contribution in [0.5, 0.6) is 0 Å². The molecule has 0 bridgehead atoms. The molecule has 1 heterocycles. The van der Waals surface area contributed by atoms with Crippen LogP contribution in [-0.4, -0.2) is 41.3 Å². The predicted octanol–water partition coefficient (Wildman–Crippen LogP) is 1.55. The van der Waals surface area contributed by atoms with Crippen LogP contribution in [0, 0.1) is 0 Å². The quantitative estimate of drug-likeness (QED) is 0.457. The highest BCUT2D eigenvalue weighted by Crippen LogP contribution is 2.40. The summed E-state index contributed by atoms with van der Waals surface area (Å²) in [7, 11) is 3.25. The van der Waals surface area contributed by atoms with Gasteiger partial charge in [0.05, 0.1) is 11.0 Å². The van der Waals surface area contributed by atoms with E-state index >= 15 is 0 Å². The van der Waals surface area contributed by atoms with E-state index in [0.29, 0.717) is 0 Å². The van der Waals surface area contributed by atoms with Gasteiger partial charge < -0.3 is 5.32 Å². The Morgan fingerprint density at radius 2 is 2.47 bits per heavy atom. The van der Waals surface area contributed by atoms with Crippen molar-refractivity contribution in [3.63, 3.8) is 0 Å². The summed E-state index contributed by atoms with van der Waals surface area (Å²) in [5.41, 5.74) is 0. The van der Waals surface area contributed by atoms with Crippen molar-refractivity contribution in [2.24, 2.45) is 10.1 Å². The molecule has 0 saturated carbocycles. The van der Waals surface area contributed by atoms with Crippen LogP contribution in [0.3, 0.4) is 0 Å². The van der Waals surface area contributed by atoms with Crippen molar-refractivity contribution in [1.29, 1.82) is 0 Å². The molecule has 15 heavy (non-hydrogen) atoms. The molecule has 0 aromatic carbocycles. The normalized spacial score (nSPS) is 28.6. The molecule has 1 saturated heterocycles. The zero-order chi connectivity index (χ0) is 11.3. The van der Waals surface area contributed by atoms with Crippen molar-refractivity contribution < 1.29 is 9.63 Å². The first-order valence-corrected chi connectivity index (χ1v) is 6.12. The second kappa shape index (κ2) is 5.41. The Morgan fingerprint density at radius 3 is 3.00 bits per heavy atom. The lowest BCUT2D eigenvalue weighted by Crippen LogP contribution is -2.23. The van der Waals surface area contributed by atoms with Gasteiger partial charge in [0.1, 0.15) is 4.38 Å². The molecule has 84 valence electrons. The summed E-state index contributed by atoms with van der Waals surface area (Å²) in [4.78, 5) is 19.4. The van der Waals surface area contributed by atoms with Crippen LogP contribution < -0.4 is 5.32 Å². The molecule has 0 aliphatic carbocycles. The lowest BCUT2D eigenvalue weighted by Gasteiger charge is -2.12. The second-order valence-corrected chi connectivity index (χ2v) is 5.80. The van der Waals surface area contributed by atoms with Crippen molar-refractivity contribution >= 4 is 40.2 Å². The summed E-state index contributed by atoms with van der Waals surface area (Å²) in [6.07, 6.45) is 1.08. The molecule has 1 aliphatic rings. The van der Waals surface area contributed by atoms with Gasteiger partial charge in [-0.15, -0.1) is 0 Å². The molecule has 1 amide bonds. The van der Waals surface area contributed by atoms with Crippen LogP contribution in [0.4, 0.5) is 4.79 Å². The third-order valence-electron chi connectivity index (χ3n) is 1.65. The van der Waals surface area contributed by atoms with Gasteiger partial charge in [0.15, 0.2) is 0 Å². The SMILES string of the molecule is CN=C1SC[C@@](C)(/C=N\OC(=O)NC)S1. The number of hydrogen-bond acceptors (Lipinski definition) is 6. The molecule has 1 fully saturated rings. The molecule has 0 unspecified atom stereocenters. The van der Waals surface area contributed by atoms with Crippen LogP contribution in [0.25, 0.3) is 0 Å². The fourth-order valence-electron chi connectivity index (χ4n) is 0.869. The molecular weight excluding hydrogens is 234 g/mol.